The van der Waals surface area contributed by atoms with Crippen molar-refractivity contribution in [1.29, 1.82) is 0 Å². The Hall–Kier alpha value is -2.96. The maximum atomic E-state index is 12.4. The summed E-state index contributed by atoms with van der Waals surface area (Å²) in [6, 6.07) is 19.8. The van der Waals surface area contributed by atoms with Gasteiger partial charge in [0.2, 0.25) is 0 Å². The van der Waals surface area contributed by atoms with Crippen molar-refractivity contribution >= 4 is 23.0 Å². The molecule has 1 amide bonds. The van der Waals surface area contributed by atoms with E-state index in [9.17, 15) is 4.79 Å². The van der Waals surface area contributed by atoms with E-state index in [-0.39, 0.29) is 18.7 Å². The summed E-state index contributed by atoms with van der Waals surface area (Å²) in [6.45, 7) is 4.43. The van der Waals surface area contributed by atoms with Gasteiger partial charge in [0.1, 0.15) is 6.61 Å². The van der Waals surface area contributed by atoms with Crippen LogP contribution in [0.4, 0.5) is 4.79 Å². The number of nitrogens with two attached hydrogens (primary N) is 1. The van der Waals surface area contributed by atoms with Crippen LogP contribution in [0.25, 0.3) is 5.57 Å². The first kappa shape index (κ1) is 21.7. The minimum Gasteiger partial charge on any atom is -0.444 e. The van der Waals surface area contributed by atoms with E-state index < -0.39 is 6.09 Å². The number of benzene rings is 2. The summed E-state index contributed by atoms with van der Waals surface area (Å²) in [4.78, 5) is 17.3. The minimum absolute atomic E-state index is 0.00603. The number of carbonyl (C=O) groups is 1. The van der Waals surface area contributed by atoms with Crippen molar-refractivity contribution in [3.8, 4) is 0 Å². The van der Waals surface area contributed by atoms with Gasteiger partial charge in [0.05, 0.1) is 16.4 Å². The Bertz CT molecular complexity index is 914. The maximum absolute atomic E-state index is 12.4. The van der Waals surface area contributed by atoms with E-state index in [0.717, 1.165) is 28.9 Å². The van der Waals surface area contributed by atoms with E-state index in [2.05, 4.69) is 29.0 Å². The molecule has 0 aliphatic heterocycles. The Kier molecular flexibility index (Phi) is 8.18. The molecule has 0 saturated carbocycles. The van der Waals surface area contributed by atoms with Crippen LogP contribution in [0.15, 0.2) is 78.9 Å². The van der Waals surface area contributed by atoms with Crippen molar-refractivity contribution in [1.82, 2.24) is 10.3 Å². The summed E-state index contributed by atoms with van der Waals surface area (Å²) in [5.41, 5.74) is 11.1. The average molecular weight is 422 g/mol. The first-order chi connectivity index (χ1) is 14.6. The van der Waals surface area contributed by atoms with Crippen LogP contribution >= 0.6 is 11.3 Å². The third-order valence-corrected chi connectivity index (χ3v) is 5.61. The number of aromatic nitrogens is 1. The summed E-state index contributed by atoms with van der Waals surface area (Å²) in [5, 5.41) is 2.96. The van der Waals surface area contributed by atoms with Crippen LogP contribution < -0.4 is 11.1 Å². The molecule has 3 aromatic rings. The molecule has 2 atom stereocenters. The van der Waals surface area contributed by atoms with Crippen LogP contribution in [0.2, 0.25) is 0 Å². The first-order valence-electron chi connectivity index (χ1n) is 9.96. The Morgan fingerprint density at radius 1 is 1.10 bits per heavy atom. The van der Waals surface area contributed by atoms with E-state index in [4.69, 9.17) is 10.5 Å². The van der Waals surface area contributed by atoms with Gasteiger partial charge in [0.15, 0.2) is 0 Å². The third-order valence-electron chi connectivity index (χ3n) is 4.85. The minimum atomic E-state index is -0.470. The summed E-state index contributed by atoms with van der Waals surface area (Å²) in [6.07, 6.45) is 3.45. The Labute approximate surface area is 181 Å². The molecule has 0 radical (unpaired) electrons. The zero-order chi connectivity index (χ0) is 21.2. The number of carbonyl (C=O) groups excluding carboxylic acids is 1. The van der Waals surface area contributed by atoms with Crippen molar-refractivity contribution < 1.29 is 9.53 Å². The van der Waals surface area contributed by atoms with Gasteiger partial charge < -0.3 is 15.8 Å². The van der Waals surface area contributed by atoms with Gasteiger partial charge in [-0.05, 0) is 36.0 Å². The second kappa shape index (κ2) is 11.3. The molecule has 3 rings (SSSR count). The molecule has 1 heterocycles. The van der Waals surface area contributed by atoms with Gasteiger partial charge in [-0.2, -0.15) is 0 Å². The fourth-order valence-corrected chi connectivity index (χ4v) is 3.73. The number of hydrogen-bond donors (Lipinski definition) is 2. The highest BCUT2D eigenvalue weighted by molar-refractivity contribution is 7.09. The fourth-order valence-electron chi connectivity index (χ4n) is 3.22. The van der Waals surface area contributed by atoms with Gasteiger partial charge in [-0.15, -0.1) is 11.3 Å². The zero-order valence-corrected chi connectivity index (χ0v) is 17.7. The van der Waals surface area contributed by atoms with Crippen LogP contribution in [0.3, 0.4) is 0 Å². The second-order valence-electron chi connectivity index (χ2n) is 7.16. The number of amides is 1. The fraction of sp³-hybridized carbons (Fsp3) is 0.250. The highest BCUT2D eigenvalue weighted by Crippen LogP contribution is 2.21. The van der Waals surface area contributed by atoms with Gasteiger partial charge in [-0.1, -0.05) is 67.2 Å². The monoisotopic (exact) mass is 421 g/mol. The standard InChI is InChI=1S/C24H27N3O2S/c1-18(20-10-6-3-7-11-20)23(27-24(28)29-16-22-15-26-17-30-22)13-12-21(25)14-19-8-4-2-5-9-19/h2-11,15,17,21,23H,1,12-14,16,25H2,(H,27,28)/t21-,23-/m1/s1. The lowest BCUT2D eigenvalue weighted by Gasteiger charge is -2.23. The molecule has 0 saturated heterocycles. The van der Waals surface area contributed by atoms with Crippen LogP contribution in [-0.4, -0.2) is 23.2 Å². The molecule has 6 heteroatoms. The number of nitrogens with one attached hydrogen (secondary N) is 1. The lowest BCUT2D eigenvalue weighted by molar-refractivity contribution is 0.138. The number of alkyl carbamates (subject to hydrolysis) is 1. The zero-order valence-electron chi connectivity index (χ0n) is 16.9. The van der Waals surface area contributed by atoms with Crippen LogP contribution in [0, 0.1) is 0 Å². The van der Waals surface area contributed by atoms with Crippen molar-refractivity contribution in [2.75, 3.05) is 0 Å². The Morgan fingerprint density at radius 3 is 2.47 bits per heavy atom. The molecule has 0 fully saturated rings. The highest BCUT2D eigenvalue weighted by atomic mass is 32.1. The van der Waals surface area contributed by atoms with Crippen molar-refractivity contribution in [2.24, 2.45) is 5.73 Å². The van der Waals surface area contributed by atoms with E-state index in [0.29, 0.717) is 6.42 Å². The normalized spacial score (nSPS) is 12.7. The number of hydrogen-bond acceptors (Lipinski definition) is 5. The van der Waals surface area contributed by atoms with E-state index in [1.54, 1.807) is 11.7 Å². The van der Waals surface area contributed by atoms with E-state index in [1.807, 2.05) is 48.5 Å². The van der Waals surface area contributed by atoms with E-state index >= 15 is 0 Å². The van der Waals surface area contributed by atoms with Gasteiger partial charge >= 0.3 is 6.09 Å². The molecule has 30 heavy (non-hydrogen) atoms. The Morgan fingerprint density at radius 2 is 1.80 bits per heavy atom. The highest BCUT2D eigenvalue weighted by Gasteiger charge is 2.19. The number of rotatable bonds is 10. The summed E-state index contributed by atoms with van der Waals surface area (Å²) < 4.78 is 5.35. The summed E-state index contributed by atoms with van der Waals surface area (Å²) in [7, 11) is 0. The molecule has 5 nitrogen and oxygen atoms in total. The van der Waals surface area contributed by atoms with Crippen molar-refractivity contribution in [3.63, 3.8) is 0 Å². The molecule has 0 unspecified atom stereocenters. The molecule has 0 bridgehead atoms. The van der Waals surface area contributed by atoms with Gasteiger partial charge in [-0.3, -0.25) is 4.98 Å². The largest absolute Gasteiger partial charge is 0.444 e. The maximum Gasteiger partial charge on any atom is 0.407 e. The van der Waals surface area contributed by atoms with Crippen molar-refractivity contribution in [3.05, 3.63) is 95.0 Å². The van der Waals surface area contributed by atoms with Gasteiger partial charge in [0.25, 0.3) is 0 Å². The topological polar surface area (TPSA) is 77.2 Å². The van der Waals surface area contributed by atoms with Gasteiger partial charge in [0, 0.05) is 12.2 Å². The third kappa shape index (κ3) is 6.83. The molecule has 2 aromatic carbocycles. The Balaban J connectivity index is 1.59. The molecule has 156 valence electrons. The van der Waals surface area contributed by atoms with E-state index in [1.165, 1.54) is 16.9 Å². The number of thiazole rings is 1. The molecular weight excluding hydrogens is 394 g/mol. The summed E-state index contributed by atoms with van der Waals surface area (Å²) >= 11 is 1.45. The predicted molar refractivity (Wildman–Crippen MR) is 122 cm³/mol. The number of ether oxygens (including phenoxy) is 1. The van der Waals surface area contributed by atoms with Gasteiger partial charge in [-0.25, -0.2) is 4.79 Å². The molecule has 3 N–H and O–H groups in total. The van der Waals surface area contributed by atoms with Crippen molar-refractivity contribution in [2.45, 2.75) is 38.0 Å². The smallest absolute Gasteiger partial charge is 0.407 e. The molecule has 0 aliphatic carbocycles. The lowest BCUT2D eigenvalue weighted by atomic mass is 9.93. The SMILES string of the molecule is C=C(c1ccccc1)[C@@H](CC[C@@H](N)Cc1ccccc1)NC(=O)OCc1cncs1. The lowest BCUT2D eigenvalue weighted by Crippen LogP contribution is -2.37. The quantitative estimate of drug-likeness (QED) is 0.493. The predicted octanol–water partition coefficient (Wildman–Crippen LogP) is 4.80. The molecular formula is C24H27N3O2S. The van der Waals surface area contributed by atoms with Crippen LogP contribution in [0.5, 0.6) is 0 Å². The molecule has 0 aliphatic rings. The number of nitrogens with zero attached hydrogens (tertiary/aromatic N) is 1. The molecule has 1 aromatic heterocycles. The summed E-state index contributed by atoms with van der Waals surface area (Å²) in [5.74, 6) is 0. The second-order valence-corrected chi connectivity index (χ2v) is 8.13. The van der Waals surface area contributed by atoms with Crippen LogP contribution in [-0.2, 0) is 17.8 Å². The first-order valence-corrected chi connectivity index (χ1v) is 10.8. The van der Waals surface area contributed by atoms with Crippen LogP contribution in [0.1, 0.15) is 28.8 Å². The molecule has 0 spiro atoms. The average Bonchev–Trinajstić information content (AvgIpc) is 3.30.